The number of ether oxygens (including phenoxy) is 1. The zero-order valence-electron chi connectivity index (χ0n) is 14.9. The highest BCUT2D eigenvalue weighted by Crippen LogP contribution is 2.11. The monoisotopic (exact) mass is 344 g/mol. The molecular weight excluding hydrogens is 316 g/mol. The molecule has 0 unspecified atom stereocenters. The number of aliphatic carboxylic acids is 1. The molecule has 8 nitrogen and oxygen atoms in total. The molecule has 0 rings (SSSR count). The summed E-state index contributed by atoms with van der Waals surface area (Å²) in [4.78, 5) is 46.5. The molecule has 0 heterocycles. The molecule has 0 aliphatic carbocycles. The first kappa shape index (κ1) is 21.9. The summed E-state index contributed by atoms with van der Waals surface area (Å²) in [5, 5.41) is 14.2. The summed E-state index contributed by atoms with van der Waals surface area (Å²) in [6, 6.07) is -2.05. The van der Waals surface area contributed by atoms with Crippen LogP contribution in [-0.4, -0.2) is 47.6 Å². The van der Waals surface area contributed by atoms with Crippen LogP contribution >= 0.6 is 0 Å². The Morgan fingerprint density at radius 1 is 1.00 bits per heavy atom. The highest BCUT2D eigenvalue weighted by atomic mass is 16.5. The second-order valence-corrected chi connectivity index (χ2v) is 6.17. The van der Waals surface area contributed by atoms with Crippen LogP contribution in [0.1, 0.15) is 47.5 Å². The van der Waals surface area contributed by atoms with Crippen LogP contribution in [-0.2, 0) is 23.9 Å². The van der Waals surface area contributed by atoms with Gasteiger partial charge in [-0.3, -0.25) is 14.4 Å². The molecule has 138 valence electrons. The Bertz CT molecular complexity index is 463. The summed E-state index contributed by atoms with van der Waals surface area (Å²) < 4.78 is 4.84. The molecule has 0 bridgehead atoms. The fourth-order valence-corrected chi connectivity index (χ4v) is 2.18. The predicted molar refractivity (Wildman–Crippen MR) is 87.0 cm³/mol. The lowest BCUT2D eigenvalue weighted by Gasteiger charge is -2.23. The first-order valence-electron chi connectivity index (χ1n) is 8.05. The molecular formula is C16H28N2O6. The van der Waals surface area contributed by atoms with E-state index in [0.717, 1.165) is 0 Å². The Balaban J connectivity index is 4.94. The quantitative estimate of drug-likeness (QED) is 0.501. The maximum Gasteiger partial charge on any atom is 0.326 e. The first-order valence-corrected chi connectivity index (χ1v) is 8.05. The molecule has 24 heavy (non-hydrogen) atoms. The van der Waals surface area contributed by atoms with Gasteiger partial charge in [-0.15, -0.1) is 0 Å². The van der Waals surface area contributed by atoms with Crippen LogP contribution in [0, 0.1) is 11.8 Å². The van der Waals surface area contributed by atoms with E-state index in [4.69, 9.17) is 4.74 Å². The summed E-state index contributed by atoms with van der Waals surface area (Å²) in [6.45, 7) is 8.47. The maximum absolute atomic E-state index is 12.3. The van der Waals surface area contributed by atoms with Gasteiger partial charge in [-0.25, -0.2) is 4.79 Å². The van der Waals surface area contributed by atoms with Gasteiger partial charge in [0.05, 0.1) is 12.5 Å². The highest BCUT2D eigenvalue weighted by Gasteiger charge is 2.29. The number of rotatable bonds is 10. The van der Waals surface area contributed by atoms with Gasteiger partial charge in [0.1, 0.15) is 12.1 Å². The number of carbonyl (C=O) groups is 4. The van der Waals surface area contributed by atoms with Crippen LogP contribution in [0.5, 0.6) is 0 Å². The smallest absolute Gasteiger partial charge is 0.326 e. The van der Waals surface area contributed by atoms with Gasteiger partial charge >= 0.3 is 11.9 Å². The van der Waals surface area contributed by atoms with Crippen LogP contribution in [0.2, 0.25) is 0 Å². The molecule has 2 amide bonds. The Hall–Kier alpha value is -2.12. The molecule has 8 heteroatoms. The minimum atomic E-state index is -1.24. The van der Waals surface area contributed by atoms with Crippen molar-refractivity contribution in [2.45, 2.75) is 59.5 Å². The van der Waals surface area contributed by atoms with Gasteiger partial charge in [0.2, 0.25) is 11.8 Å². The van der Waals surface area contributed by atoms with E-state index in [1.54, 1.807) is 13.8 Å². The van der Waals surface area contributed by atoms with Crippen molar-refractivity contribution in [3.05, 3.63) is 0 Å². The third-order valence-corrected chi connectivity index (χ3v) is 3.29. The molecule has 0 fully saturated rings. The van der Waals surface area contributed by atoms with Gasteiger partial charge in [-0.2, -0.15) is 0 Å². The number of nitrogens with one attached hydrogen (secondary N) is 2. The number of esters is 1. The van der Waals surface area contributed by atoms with Crippen LogP contribution in [0.4, 0.5) is 0 Å². The zero-order valence-corrected chi connectivity index (χ0v) is 14.9. The first-order chi connectivity index (χ1) is 11.1. The van der Waals surface area contributed by atoms with Crippen LogP contribution in [0.25, 0.3) is 0 Å². The Morgan fingerprint density at radius 2 is 1.58 bits per heavy atom. The summed E-state index contributed by atoms with van der Waals surface area (Å²) >= 11 is 0. The Kier molecular flexibility index (Phi) is 9.68. The number of hydrogen-bond donors (Lipinski definition) is 3. The molecule has 0 spiro atoms. The largest absolute Gasteiger partial charge is 0.480 e. The van der Waals surface area contributed by atoms with Gasteiger partial charge in [0.15, 0.2) is 0 Å². The normalized spacial score (nSPS) is 14.4. The SMILES string of the molecule is CCOC(=O)[C@@H](C)C[C@H](NC(=O)[C@H](CC(C)C)NC(C)=O)C(=O)O. The molecule has 3 N–H and O–H groups in total. The second-order valence-electron chi connectivity index (χ2n) is 6.17. The average Bonchev–Trinajstić information content (AvgIpc) is 2.44. The van der Waals surface area contributed by atoms with E-state index in [0.29, 0.717) is 6.42 Å². The number of amides is 2. The highest BCUT2D eigenvalue weighted by molar-refractivity contribution is 5.90. The van der Waals surface area contributed by atoms with E-state index in [1.165, 1.54) is 6.92 Å². The average molecular weight is 344 g/mol. The van der Waals surface area contributed by atoms with Gasteiger partial charge in [0.25, 0.3) is 0 Å². The van der Waals surface area contributed by atoms with E-state index < -0.39 is 35.8 Å². The number of carboxylic acids is 1. The van der Waals surface area contributed by atoms with Crippen molar-refractivity contribution in [3.8, 4) is 0 Å². The van der Waals surface area contributed by atoms with E-state index in [2.05, 4.69) is 10.6 Å². The third kappa shape index (κ3) is 8.50. The fraction of sp³-hybridized carbons (Fsp3) is 0.750. The lowest BCUT2D eigenvalue weighted by molar-refractivity contribution is -0.149. The minimum absolute atomic E-state index is 0.0889. The lowest BCUT2D eigenvalue weighted by atomic mass is 9.99. The van der Waals surface area contributed by atoms with Gasteiger partial charge < -0.3 is 20.5 Å². The standard InChI is InChI=1S/C16H28N2O6/c1-6-24-16(23)10(4)8-13(15(21)22)18-14(20)12(7-9(2)3)17-11(5)19/h9-10,12-13H,6-8H2,1-5H3,(H,17,19)(H,18,20)(H,21,22)/t10-,12-,13-/m0/s1. The van der Waals surface area contributed by atoms with Crippen molar-refractivity contribution in [2.24, 2.45) is 11.8 Å². The van der Waals surface area contributed by atoms with Gasteiger partial charge in [-0.05, 0) is 25.7 Å². The summed E-state index contributed by atoms with van der Waals surface area (Å²) in [5.41, 5.74) is 0. The van der Waals surface area contributed by atoms with Gasteiger partial charge in [0, 0.05) is 6.92 Å². The minimum Gasteiger partial charge on any atom is -0.480 e. The third-order valence-electron chi connectivity index (χ3n) is 3.29. The van der Waals surface area contributed by atoms with E-state index in [1.807, 2.05) is 13.8 Å². The molecule has 0 radical (unpaired) electrons. The number of carbonyl (C=O) groups excluding carboxylic acids is 3. The lowest BCUT2D eigenvalue weighted by Crippen LogP contribution is -2.52. The van der Waals surface area contributed by atoms with E-state index in [-0.39, 0.29) is 24.9 Å². The van der Waals surface area contributed by atoms with Crippen LogP contribution in [0.3, 0.4) is 0 Å². The number of hydrogen-bond acceptors (Lipinski definition) is 5. The van der Waals surface area contributed by atoms with Crippen molar-refractivity contribution in [3.63, 3.8) is 0 Å². The number of carboxylic acid groups (broad SMARTS) is 1. The van der Waals surface area contributed by atoms with E-state index >= 15 is 0 Å². The maximum atomic E-state index is 12.3. The molecule has 0 aromatic carbocycles. The Labute approximate surface area is 142 Å². The van der Waals surface area contributed by atoms with E-state index in [9.17, 15) is 24.3 Å². The molecule has 3 atom stereocenters. The Morgan fingerprint density at radius 3 is 2.00 bits per heavy atom. The van der Waals surface area contributed by atoms with Gasteiger partial charge in [-0.1, -0.05) is 20.8 Å². The molecule has 0 aromatic heterocycles. The van der Waals surface area contributed by atoms with Crippen LogP contribution < -0.4 is 10.6 Å². The van der Waals surface area contributed by atoms with Crippen molar-refractivity contribution >= 4 is 23.8 Å². The van der Waals surface area contributed by atoms with Crippen LogP contribution in [0.15, 0.2) is 0 Å². The summed E-state index contributed by atoms with van der Waals surface area (Å²) in [7, 11) is 0. The topological polar surface area (TPSA) is 122 Å². The summed E-state index contributed by atoms with van der Waals surface area (Å²) in [5.74, 6) is -3.25. The second kappa shape index (κ2) is 10.6. The van der Waals surface area contributed by atoms with Crippen molar-refractivity contribution in [1.29, 1.82) is 0 Å². The van der Waals surface area contributed by atoms with Crippen molar-refractivity contribution in [1.82, 2.24) is 10.6 Å². The molecule has 0 aliphatic heterocycles. The molecule has 0 saturated heterocycles. The van der Waals surface area contributed by atoms with Crippen molar-refractivity contribution < 1.29 is 29.0 Å². The van der Waals surface area contributed by atoms with Crippen molar-refractivity contribution in [2.75, 3.05) is 6.61 Å². The molecule has 0 aromatic rings. The predicted octanol–water partition coefficient (Wildman–Crippen LogP) is 0.696. The summed E-state index contributed by atoms with van der Waals surface area (Å²) in [6.07, 6.45) is 0.291. The zero-order chi connectivity index (χ0) is 18.9. The fourth-order valence-electron chi connectivity index (χ4n) is 2.18. The molecule has 0 saturated carbocycles. The molecule has 0 aliphatic rings.